The first-order valence-electron chi connectivity index (χ1n) is 6.51. The zero-order valence-electron chi connectivity index (χ0n) is 12.0. The molecule has 0 saturated heterocycles. The molecule has 1 aromatic carbocycles. The quantitative estimate of drug-likeness (QED) is 0.575. The Balaban J connectivity index is 2.13. The Morgan fingerprint density at radius 2 is 2.04 bits per heavy atom. The van der Waals surface area contributed by atoms with Crippen molar-refractivity contribution >= 4 is 29.2 Å². The van der Waals surface area contributed by atoms with Crippen LogP contribution >= 0.6 is 11.6 Å². The van der Waals surface area contributed by atoms with Gasteiger partial charge in [-0.2, -0.15) is 0 Å². The number of nitrogens with zero attached hydrogens (tertiary/aromatic N) is 2. The molecule has 0 aliphatic heterocycles. The predicted molar refractivity (Wildman–Crippen MR) is 90.6 cm³/mol. The Morgan fingerprint density at radius 1 is 1.35 bits per heavy atom. The predicted octanol–water partition coefficient (Wildman–Crippen LogP) is 3.71. The topological polar surface area (TPSA) is 83.5 Å². The largest absolute Gasteiger partial charge is 0.503 e. The van der Waals surface area contributed by atoms with Gasteiger partial charge in [0.15, 0.2) is 5.76 Å². The van der Waals surface area contributed by atoms with E-state index in [1.165, 1.54) is 18.2 Å². The van der Waals surface area contributed by atoms with E-state index in [0.717, 1.165) is 6.21 Å². The molecule has 1 heterocycles. The second-order valence-corrected chi connectivity index (χ2v) is 4.93. The summed E-state index contributed by atoms with van der Waals surface area (Å²) < 4.78 is 13.7. The van der Waals surface area contributed by atoms with Crippen LogP contribution < -0.4 is 11.1 Å². The van der Waals surface area contributed by atoms with Gasteiger partial charge in [0, 0.05) is 28.7 Å². The van der Waals surface area contributed by atoms with E-state index < -0.39 is 5.82 Å². The van der Waals surface area contributed by atoms with Crippen molar-refractivity contribution in [3.8, 4) is 0 Å². The molecule has 0 atom stereocenters. The number of aliphatic hydroxyl groups excluding tert-OH is 1. The highest BCUT2D eigenvalue weighted by Crippen LogP contribution is 2.22. The van der Waals surface area contributed by atoms with E-state index in [1.807, 2.05) is 0 Å². The number of halogens is 2. The first-order valence-corrected chi connectivity index (χ1v) is 6.89. The van der Waals surface area contributed by atoms with Crippen molar-refractivity contribution in [1.29, 1.82) is 0 Å². The highest BCUT2D eigenvalue weighted by Gasteiger charge is 2.06. The summed E-state index contributed by atoms with van der Waals surface area (Å²) in [6.07, 6.45) is 4.22. The summed E-state index contributed by atoms with van der Waals surface area (Å²) in [5.41, 5.74) is 6.61. The molecule has 0 aliphatic rings. The van der Waals surface area contributed by atoms with Crippen molar-refractivity contribution in [3.63, 3.8) is 0 Å². The smallest absolute Gasteiger partial charge is 0.174 e. The molecule has 2 aromatic rings. The number of allylic oxidation sites excluding steroid dienone is 1. The normalized spacial score (nSPS) is 12.1. The van der Waals surface area contributed by atoms with Crippen molar-refractivity contribution in [2.45, 2.75) is 0 Å². The Labute approximate surface area is 137 Å². The molecule has 0 radical (unpaired) electrons. The summed E-state index contributed by atoms with van der Waals surface area (Å²) in [5, 5.41) is 13.0. The first-order chi connectivity index (χ1) is 11.0. The lowest BCUT2D eigenvalue weighted by molar-refractivity contribution is 0.439. The van der Waals surface area contributed by atoms with Gasteiger partial charge in [0.2, 0.25) is 0 Å². The molecule has 0 unspecified atom stereocenters. The summed E-state index contributed by atoms with van der Waals surface area (Å²) in [4.78, 5) is 7.76. The number of nitrogens with one attached hydrogen (secondary N) is 1. The van der Waals surface area contributed by atoms with E-state index >= 15 is 0 Å². The minimum atomic E-state index is -0.511. The average Bonchev–Trinajstić information content (AvgIpc) is 2.55. The van der Waals surface area contributed by atoms with E-state index in [2.05, 4.69) is 21.9 Å². The van der Waals surface area contributed by atoms with Crippen LogP contribution in [0.5, 0.6) is 0 Å². The van der Waals surface area contributed by atoms with Gasteiger partial charge in [-0.3, -0.25) is 9.98 Å². The van der Waals surface area contributed by atoms with Crippen molar-refractivity contribution < 1.29 is 9.50 Å². The van der Waals surface area contributed by atoms with Gasteiger partial charge in [-0.1, -0.05) is 18.2 Å². The van der Waals surface area contributed by atoms with E-state index in [1.54, 1.807) is 24.5 Å². The number of aromatic nitrogens is 1. The van der Waals surface area contributed by atoms with E-state index in [0.29, 0.717) is 10.7 Å². The number of anilines is 1. The van der Waals surface area contributed by atoms with Gasteiger partial charge in [-0.25, -0.2) is 4.39 Å². The highest BCUT2D eigenvalue weighted by atomic mass is 35.5. The molecule has 23 heavy (non-hydrogen) atoms. The second-order valence-electron chi connectivity index (χ2n) is 4.49. The molecule has 0 saturated carbocycles. The van der Waals surface area contributed by atoms with Crippen LogP contribution in [-0.4, -0.2) is 16.3 Å². The monoisotopic (exact) mass is 332 g/mol. The maximum absolute atomic E-state index is 13.7. The molecule has 0 aliphatic carbocycles. The fourth-order valence-corrected chi connectivity index (χ4v) is 1.82. The SMILES string of the molecule is C=C(/N=C\C(O)=C(/N)Nc1ccncc1)c1cc(Cl)ccc1F. The maximum atomic E-state index is 13.7. The summed E-state index contributed by atoms with van der Waals surface area (Å²) in [6.45, 7) is 3.64. The number of hydrogen-bond donors (Lipinski definition) is 3. The number of benzene rings is 1. The Kier molecular flexibility index (Phi) is 5.32. The summed E-state index contributed by atoms with van der Waals surface area (Å²) >= 11 is 5.81. The molecule has 118 valence electrons. The van der Waals surface area contributed by atoms with Crippen molar-refractivity contribution in [1.82, 2.24) is 4.98 Å². The maximum Gasteiger partial charge on any atom is 0.174 e. The lowest BCUT2D eigenvalue weighted by Gasteiger charge is -2.07. The third kappa shape index (κ3) is 4.55. The van der Waals surface area contributed by atoms with Crippen LogP contribution in [0.2, 0.25) is 5.02 Å². The zero-order valence-corrected chi connectivity index (χ0v) is 12.8. The van der Waals surface area contributed by atoms with Gasteiger partial charge in [-0.05, 0) is 30.3 Å². The van der Waals surface area contributed by atoms with E-state index in [4.69, 9.17) is 17.3 Å². The minimum absolute atomic E-state index is 0.0145. The molecule has 7 heteroatoms. The van der Waals surface area contributed by atoms with Crippen molar-refractivity contribution in [2.24, 2.45) is 10.7 Å². The number of nitrogens with two attached hydrogens (primary N) is 1. The lowest BCUT2D eigenvalue weighted by atomic mass is 10.1. The molecule has 0 fully saturated rings. The molecule has 0 bridgehead atoms. The van der Waals surface area contributed by atoms with E-state index in [-0.39, 0.29) is 22.8 Å². The first kappa shape index (κ1) is 16.5. The molecular formula is C16H14ClFN4O. The van der Waals surface area contributed by atoms with Crippen LogP contribution in [0.3, 0.4) is 0 Å². The van der Waals surface area contributed by atoms with Gasteiger partial charge < -0.3 is 16.2 Å². The van der Waals surface area contributed by atoms with Crippen LogP contribution in [0.4, 0.5) is 10.1 Å². The van der Waals surface area contributed by atoms with E-state index in [9.17, 15) is 9.50 Å². The molecule has 2 rings (SSSR count). The van der Waals surface area contributed by atoms with Gasteiger partial charge in [0.25, 0.3) is 0 Å². The number of aliphatic imine (C=N–C) groups is 1. The van der Waals surface area contributed by atoms with Crippen molar-refractivity contribution in [2.75, 3.05) is 5.32 Å². The molecule has 5 nitrogen and oxygen atoms in total. The third-order valence-corrected chi connectivity index (χ3v) is 3.05. The van der Waals surface area contributed by atoms with Crippen LogP contribution in [0.15, 0.2) is 65.9 Å². The minimum Gasteiger partial charge on any atom is -0.503 e. The number of rotatable bonds is 5. The van der Waals surface area contributed by atoms with Crippen LogP contribution in [0.25, 0.3) is 5.70 Å². The second kappa shape index (κ2) is 7.42. The third-order valence-electron chi connectivity index (χ3n) is 2.82. The standard InChI is InChI=1S/C16H14ClFN4O/c1-10(13-8-11(17)2-3-14(13)18)21-9-15(23)16(19)22-12-4-6-20-7-5-12/h2-9,23H,1,19H2,(H,20,22)/b16-15-,21-9-. The fraction of sp³-hybridized carbons (Fsp3) is 0. The molecule has 0 amide bonds. The molecule has 4 N–H and O–H groups in total. The van der Waals surface area contributed by atoms with Crippen LogP contribution in [-0.2, 0) is 0 Å². The Morgan fingerprint density at radius 3 is 2.74 bits per heavy atom. The van der Waals surface area contributed by atoms with Crippen molar-refractivity contribution in [3.05, 3.63) is 77.3 Å². The fourth-order valence-electron chi connectivity index (χ4n) is 1.65. The molecule has 0 spiro atoms. The van der Waals surface area contributed by atoms with Gasteiger partial charge in [0.1, 0.15) is 11.6 Å². The number of aliphatic hydroxyl groups is 1. The average molecular weight is 333 g/mol. The lowest BCUT2D eigenvalue weighted by Crippen LogP contribution is -2.13. The van der Waals surface area contributed by atoms with Crippen LogP contribution in [0.1, 0.15) is 5.56 Å². The van der Waals surface area contributed by atoms with Gasteiger partial charge in [-0.15, -0.1) is 0 Å². The van der Waals surface area contributed by atoms with Crippen LogP contribution in [0, 0.1) is 5.82 Å². The highest BCUT2D eigenvalue weighted by molar-refractivity contribution is 6.30. The zero-order chi connectivity index (χ0) is 16.8. The van der Waals surface area contributed by atoms with Gasteiger partial charge in [0.05, 0.1) is 11.9 Å². The number of hydrogen-bond acceptors (Lipinski definition) is 5. The molecular weight excluding hydrogens is 319 g/mol. The Bertz CT molecular complexity index is 775. The number of pyridine rings is 1. The summed E-state index contributed by atoms with van der Waals surface area (Å²) in [6, 6.07) is 7.39. The van der Waals surface area contributed by atoms with Gasteiger partial charge >= 0.3 is 0 Å². The summed E-state index contributed by atoms with van der Waals surface area (Å²) in [7, 11) is 0. The molecule has 1 aromatic heterocycles. The Hall–Kier alpha value is -2.86. The summed E-state index contributed by atoms with van der Waals surface area (Å²) in [5.74, 6) is -0.840.